The molecule has 0 aromatic heterocycles. The lowest BCUT2D eigenvalue weighted by molar-refractivity contribution is -0.310. The average Bonchev–Trinajstić information content (AvgIpc) is 0.943. The van der Waals surface area contributed by atoms with Crippen molar-refractivity contribution in [3.8, 4) is 22.3 Å². The maximum atomic E-state index is 13.0. The predicted molar refractivity (Wildman–Crippen MR) is 331 cm³/mol. The van der Waals surface area contributed by atoms with Crippen LogP contribution in [-0.2, 0) is 47.7 Å². The molecule has 0 bridgehead atoms. The van der Waals surface area contributed by atoms with Gasteiger partial charge in [-0.25, -0.2) is 9.59 Å². The van der Waals surface area contributed by atoms with Crippen molar-refractivity contribution in [3.05, 3.63) is 127 Å². The molecule has 2 heterocycles. The molecule has 2 aliphatic heterocycles. The van der Waals surface area contributed by atoms with Crippen molar-refractivity contribution in [2.45, 2.75) is 118 Å². The molecule has 2 saturated heterocycles. The number of carboxylic acid groups (broad SMARTS) is 2. The number of amides is 5. The fourth-order valence-corrected chi connectivity index (χ4v) is 11.5. The second kappa shape index (κ2) is 34.8. The van der Waals surface area contributed by atoms with Gasteiger partial charge in [0.2, 0.25) is 23.6 Å². The first-order valence-electron chi connectivity index (χ1n) is 29.0. The zero-order valence-corrected chi connectivity index (χ0v) is 51.0. The Kier molecular flexibility index (Phi) is 27.8. The van der Waals surface area contributed by atoms with E-state index in [2.05, 4.69) is 38.5 Å². The number of benzene rings is 4. The average molecular weight is 1280 g/mol. The van der Waals surface area contributed by atoms with Crippen molar-refractivity contribution < 1.29 is 93.4 Å². The highest BCUT2D eigenvalue weighted by molar-refractivity contribution is 7.99. The van der Waals surface area contributed by atoms with E-state index < -0.39 is 140 Å². The minimum Gasteiger partial charge on any atom is -0.477 e. The summed E-state index contributed by atoms with van der Waals surface area (Å²) in [4.78, 5) is 87.6. The van der Waals surface area contributed by atoms with Crippen LogP contribution in [0, 0.1) is 0 Å². The van der Waals surface area contributed by atoms with Gasteiger partial charge < -0.3 is 91.7 Å². The maximum absolute atomic E-state index is 13.0. The van der Waals surface area contributed by atoms with E-state index in [1.165, 1.54) is 30.4 Å². The molecule has 0 saturated carbocycles. The second-order valence-corrected chi connectivity index (χ2v) is 23.8. The van der Waals surface area contributed by atoms with Gasteiger partial charge in [0.05, 0.1) is 49.7 Å². The largest absolute Gasteiger partial charge is 0.477 e. The maximum Gasteiger partial charge on any atom is 0.364 e. The van der Waals surface area contributed by atoms with E-state index in [1.54, 1.807) is 24.3 Å². The molecule has 27 heteroatoms. The number of carbonyl (C=O) groups excluding carboxylic acids is 5. The Morgan fingerprint density at radius 3 is 1.33 bits per heavy atom. The Morgan fingerprint density at radius 2 is 0.933 bits per heavy atom. The molecular formula is C62H80N6O19S2. The summed E-state index contributed by atoms with van der Waals surface area (Å²) < 4.78 is 23.2. The molecule has 4 aromatic rings. The zero-order valence-electron chi connectivity index (χ0n) is 49.4. The number of aliphatic carboxylic acids is 2. The summed E-state index contributed by atoms with van der Waals surface area (Å²) >= 11 is 2.79. The SMILES string of the molecule is C=C(NC[C@@H](O)[C@@H](O)[C@@H]1O[C@@](OCCCSCCNC(=O)CC(=O)NCCSCCCO[C@]2(C(=O)O)C[C@H](O)[C@@H](NC(C)=O)[C@H]([C@H](O)[C@H](O)CNC(=O)c3ccc(-c4ccccc4)cc3)O2)(C(=O)O)C[C@H](O)[C@H]1NC(C)=O)c1ccc(-c2ccccc2)cc1. The van der Waals surface area contributed by atoms with E-state index in [9.17, 15) is 74.4 Å². The van der Waals surface area contributed by atoms with Crippen LogP contribution in [0.3, 0.4) is 0 Å². The Hall–Kier alpha value is -6.99. The van der Waals surface area contributed by atoms with Gasteiger partial charge >= 0.3 is 11.9 Å². The highest BCUT2D eigenvalue weighted by Crippen LogP contribution is 2.36. The van der Waals surface area contributed by atoms with Gasteiger partial charge in [0.1, 0.15) is 30.8 Å². The molecule has 4 aromatic carbocycles. The normalized spacial score (nSPS) is 22.9. The summed E-state index contributed by atoms with van der Waals surface area (Å²) in [7, 11) is 0. The number of nitrogens with one attached hydrogen (secondary N) is 6. The monoisotopic (exact) mass is 1280 g/mol. The summed E-state index contributed by atoms with van der Waals surface area (Å²) in [6.45, 7) is 5.60. The molecule has 25 nitrogen and oxygen atoms in total. The number of hydrogen-bond acceptors (Lipinski definition) is 20. The van der Waals surface area contributed by atoms with Crippen molar-refractivity contribution in [1.29, 1.82) is 0 Å². The van der Waals surface area contributed by atoms with Crippen molar-refractivity contribution in [2.75, 3.05) is 62.4 Å². The molecule has 0 radical (unpaired) electrons. The van der Waals surface area contributed by atoms with E-state index in [0.29, 0.717) is 40.7 Å². The first-order valence-corrected chi connectivity index (χ1v) is 31.3. The van der Waals surface area contributed by atoms with Crippen LogP contribution in [0.15, 0.2) is 116 Å². The fraction of sp³-hybridized carbons (Fsp3) is 0.468. The van der Waals surface area contributed by atoms with Crippen molar-refractivity contribution >= 4 is 70.7 Å². The molecule has 14 N–H and O–H groups in total. The van der Waals surface area contributed by atoms with Gasteiger partial charge in [0, 0.05) is 75.6 Å². The number of carboxylic acids is 2. The molecule has 484 valence electrons. The number of aliphatic hydroxyl groups excluding tert-OH is 6. The zero-order chi connectivity index (χ0) is 64.7. The van der Waals surface area contributed by atoms with Gasteiger partial charge in [-0.1, -0.05) is 104 Å². The third-order valence-corrected chi connectivity index (χ3v) is 16.7. The van der Waals surface area contributed by atoms with E-state index in [4.69, 9.17) is 18.9 Å². The molecule has 6 rings (SSSR count). The second-order valence-electron chi connectivity index (χ2n) is 21.4. The molecule has 2 aliphatic rings. The highest BCUT2D eigenvalue weighted by Gasteiger charge is 2.57. The number of thioether (sulfide) groups is 2. The third-order valence-electron chi connectivity index (χ3n) is 14.6. The van der Waals surface area contributed by atoms with Gasteiger partial charge in [-0.3, -0.25) is 24.0 Å². The minimum absolute atomic E-state index is 0.170. The summed E-state index contributed by atoms with van der Waals surface area (Å²) in [6.07, 6.45) is -14.8. The Bertz CT molecular complexity index is 2780. The number of ether oxygens (including phenoxy) is 4. The Labute approximate surface area is 523 Å². The van der Waals surface area contributed by atoms with Crippen molar-refractivity contribution in [2.24, 2.45) is 0 Å². The Balaban J connectivity index is 0.847. The molecule has 0 aliphatic carbocycles. The van der Waals surface area contributed by atoms with Crippen molar-refractivity contribution in [1.82, 2.24) is 31.9 Å². The fourth-order valence-electron chi connectivity index (χ4n) is 9.94. The van der Waals surface area contributed by atoms with Crippen LogP contribution in [-0.4, -0.2) is 217 Å². The summed E-state index contributed by atoms with van der Waals surface area (Å²) in [5.74, 6) is -9.35. The lowest BCUT2D eigenvalue weighted by Crippen LogP contribution is -2.68. The molecule has 12 atom stereocenters. The predicted octanol–water partition coefficient (Wildman–Crippen LogP) is 1.23. The van der Waals surface area contributed by atoms with Crippen LogP contribution in [0.25, 0.3) is 28.0 Å². The summed E-state index contributed by atoms with van der Waals surface area (Å²) in [6, 6.07) is 30.7. The number of aliphatic hydroxyl groups is 6. The lowest BCUT2D eigenvalue weighted by Gasteiger charge is -2.46. The first-order chi connectivity index (χ1) is 42.5. The smallest absolute Gasteiger partial charge is 0.364 e. The molecule has 89 heavy (non-hydrogen) atoms. The topological polar surface area (TPSA) is 390 Å². The van der Waals surface area contributed by atoms with Gasteiger partial charge in [-0.2, -0.15) is 23.5 Å². The summed E-state index contributed by atoms with van der Waals surface area (Å²) in [5, 5.41) is 103. The van der Waals surface area contributed by atoms with Crippen LogP contribution >= 0.6 is 23.5 Å². The number of carbonyl (C=O) groups is 7. The summed E-state index contributed by atoms with van der Waals surface area (Å²) in [5.41, 5.74) is 5.21. The first kappa shape index (κ1) is 71.1. The Morgan fingerprint density at radius 1 is 0.551 bits per heavy atom. The van der Waals surface area contributed by atoms with Crippen LogP contribution < -0.4 is 31.9 Å². The van der Waals surface area contributed by atoms with E-state index in [1.807, 2.05) is 84.9 Å². The molecule has 5 amide bonds. The van der Waals surface area contributed by atoms with Crippen LogP contribution in [0.5, 0.6) is 0 Å². The molecule has 2 fully saturated rings. The number of rotatable bonds is 35. The molecule has 0 spiro atoms. The van der Waals surface area contributed by atoms with E-state index >= 15 is 0 Å². The molecular weight excluding hydrogens is 1200 g/mol. The minimum atomic E-state index is -2.50. The van der Waals surface area contributed by atoms with Crippen LogP contribution in [0.2, 0.25) is 0 Å². The van der Waals surface area contributed by atoms with E-state index in [0.717, 1.165) is 29.2 Å². The van der Waals surface area contributed by atoms with Crippen molar-refractivity contribution in [3.63, 3.8) is 0 Å². The third kappa shape index (κ3) is 21.0. The van der Waals surface area contributed by atoms with Gasteiger partial charge in [-0.15, -0.1) is 0 Å². The quantitative estimate of drug-likeness (QED) is 0.0227. The van der Waals surface area contributed by atoms with Gasteiger partial charge in [0.25, 0.3) is 17.5 Å². The number of hydrogen-bond donors (Lipinski definition) is 14. The standard InChI is InChI=1S/C62H80N6O19S2/c1-37(40-16-18-43(19-17-40)41-12-6-4-7-13-41)65-35-48(73)54(77)56-52(67-38(2)69)46(71)33-61(86-56,59(80)81)84-26-10-28-88-30-24-63-50(75)32-51(76)64-25-31-89-29-11-27-85-62(60(82)83)34-47(72)53(68-39(3)70)57(87-62)55(78)49(74)36-66-58(79)45-22-20-44(21-23-45)42-14-8-5-9-15-42/h4-9,12-23,46-49,52-57,65,71-74,77-78H,1,10-11,24-36H2,2-3H3,(H,63,75)(H,64,76)(H,66,79)(H,67,69)(H,68,70)(H,80,81)(H,82,83)/t46-,47-,48+,49+,52+,53+,54+,55+,56+,57+,61+,62+/m0/s1. The lowest BCUT2D eigenvalue weighted by atomic mass is 9.88. The van der Waals surface area contributed by atoms with Gasteiger partial charge in [-0.05, 0) is 64.3 Å². The van der Waals surface area contributed by atoms with Crippen LogP contribution in [0.1, 0.15) is 61.9 Å². The van der Waals surface area contributed by atoms with Crippen LogP contribution in [0.4, 0.5) is 0 Å². The highest BCUT2D eigenvalue weighted by atomic mass is 32.2. The van der Waals surface area contributed by atoms with E-state index in [-0.39, 0.29) is 44.8 Å². The molecule has 0 unspecified atom stereocenters. The van der Waals surface area contributed by atoms with Gasteiger partial charge in [0.15, 0.2) is 0 Å².